The van der Waals surface area contributed by atoms with Crippen molar-refractivity contribution in [2.24, 2.45) is 4.99 Å². The molecule has 0 saturated heterocycles. The normalized spacial score (nSPS) is 11.7. The van der Waals surface area contributed by atoms with Gasteiger partial charge in [0.2, 0.25) is 0 Å². The lowest BCUT2D eigenvalue weighted by Gasteiger charge is -2.05. The lowest BCUT2D eigenvalue weighted by molar-refractivity contribution is -0.115. The number of thioether (sulfide) groups is 1. The van der Waals surface area contributed by atoms with Crippen molar-refractivity contribution in [2.75, 3.05) is 5.75 Å². The summed E-state index contributed by atoms with van der Waals surface area (Å²) in [6.07, 6.45) is 1.88. The number of thiazole rings is 1. The van der Waals surface area contributed by atoms with Crippen LogP contribution in [0.5, 0.6) is 0 Å². The minimum Gasteiger partial charge on any atom is -0.319 e. The van der Waals surface area contributed by atoms with E-state index < -0.39 is 0 Å². The van der Waals surface area contributed by atoms with E-state index in [1.165, 1.54) is 35.2 Å². The van der Waals surface area contributed by atoms with Gasteiger partial charge in [-0.1, -0.05) is 29.8 Å². The molecule has 1 aromatic heterocycles. The van der Waals surface area contributed by atoms with Crippen molar-refractivity contribution < 1.29 is 9.18 Å². The molecule has 2 aromatic carbocycles. The van der Waals surface area contributed by atoms with Gasteiger partial charge in [0, 0.05) is 21.5 Å². The van der Waals surface area contributed by atoms with E-state index in [2.05, 4.69) is 4.99 Å². The molecule has 0 aliphatic heterocycles. The van der Waals surface area contributed by atoms with Gasteiger partial charge in [0.25, 0.3) is 5.91 Å². The number of aromatic nitrogens is 1. The Labute approximate surface area is 157 Å². The summed E-state index contributed by atoms with van der Waals surface area (Å²) < 4.78 is 14.8. The number of hydrogen-bond donors (Lipinski definition) is 0. The molecule has 0 aliphatic rings. The Balaban J connectivity index is 1.69. The number of halogens is 2. The first-order valence-electron chi connectivity index (χ1n) is 7.45. The molecule has 0 saturated carbocycles. The number of carbonyl (C=O) groups excluding carboxylic acids is 1. The third-order valence-electron chi connectivity index (χ3n) is 3.35. The second kappa shape index (κ2) is 8.47. The van der Waals surface area contributed by atoms with Gasteiger partial charge in [0.15, 0.2) is 4.80 Å². The first-order valence-corrected chi connectivity index (χ1v) is 9.69. The smallest absolute Gasteiger partial charge is 0.258 e. The van der Waals surface area contributed by atoms with E-state index in [9.17, 15) is 9.18 Å². The summed E-state index contributed by atoms with van der Waals surface area (Å²) in [6, 6.07) is 13.6. The molecule has 0 spiro atoms. The number of amides is 1. The summed E-state index contributed by atoms with van der Waals surface area (Å²) in [5, 5.41) is 2.57. The molecule has 25 heavy (non-hydrogen) atoms. The second-order valence-corrected chi connectivity index (χ2v) is 7.48. The molecule has 3 nitrogen and oxygen atoms in total. The predicted octanol–water partition coefficient (Wildman–Crippen LogP) is 4.61. The van der Waals surface area contributed by atoms with Gasteiger partial charge in [0.1, 0.15) is 5.82 Å². The fourth-order valence-electron chi connectivity index (χ4n) is 2.13. The average Bonchev–Trinajstić information content (AvgIpc) is 3.03. The van der Waals surface area contributed by atoms with E-state index in [0.717, 1.165) is 10.5 Å². The number of benzene rings is 2. The first kappa shape index (κ1) is 17.9. The molecule has 0 unspecified atom stereocenters. The molecule has 0 radical (unpaired) electrons. The Morgan fingerprint density at radius 3 is 2.72 bits per heavy atom. The van der Waals surface area contributed by atoms with Gasteiger partial charge in [0.05, 0.1) is 12.3 Å². The highest BCUT2D eigenvalue weighted by atomic mass is 35.5. The van der Waals surface area contributed by atoms with E-state index in [0.29, 0.717) is 16.4 Å². The zero-order valence-electron chi connectivity index (χ0n) is 13.1. The van der Waals surface area contributed by atoms with Crippen LogP contribution >= 0.6 is 34.7 Å². The van der Waals surface area contributed by atoms with Gasteiger partial charge in [-0.3, -0.25) is 4.79 Å². The molecule has 3 rings (SSSR count). The summed E-state index contributed by atoms with van der Waals surface area (Å²) in [7, 11) is 0. The highest BCUT2D eigenvalue weighted by Gasteiger charge is 2.05. The van der Waals surface area contributed by atoms with Gasteiger partial charge in [-0.25, -0.2) is 4.39 Å². The van der Waals surface area contributed by atoms with Crippen LogP contribution in [-0.2, 0) is 11.3 Å². The molecule has 0 aliphatic carbocycles. The fraction of sp³-hybridized carbons (Fsp3) is 0.111. The Kier molecular flexibility index (Phi) is 6.07. The van der Waals surface area contributed by atoms with Crippen LogP contribution in [0.25, 0.3) is 0 Å². The molecule has 128 valence electrons. The SMILES string of the molecule is O=C(CSc1ccc(F)cc1)N=c1sccn1Cc1ccccc1Cl. The van der Waals surface area contributed by atoms with Crippen LogP contribution in [0, 0.1) is 5.82 Å². The zero-order valence-corrected chi connectivity index (χ0v) is 15.5. The maximum atomic E-state index is 12.9. The highest BCUT2D eigenvalue weighted by Crippen LogP contribution is 2.18. The minimum atomic E-state index is -0.292. The molecule has 0 atom stereocenters. The van der Waals surface area contributed by atoms with Crippen LogP contribution in [-0.4, -0.2) is 16.2 Å². The van der Waals surface area contributed by atoms with E-state index in [1.54, 1.807) is 12.1 Å². The standard InChI is InChI=1S/C18H14ClFN2OS2/c19-16-4-2-1-3-13(16)11-22-9-10-24-18(22)21-17(23)12-25-15-7-5-14(20)6-8-15/h1-10H,11-12H2. The Morgan fingerprint density at radius 2 is 1.96 bits per heavy atom. The van der Waals surface area contributed by atoms with E-state index >= 15 is 0 Å². The van der Waals surface area contributed by atoms with Crippen LogP contribution in [0.15, 0.2) is 70.0 Å². The van der Waals surface area contributed by atoms with Gasteiger partial charge < -0.3 is 4.57 Å². The van der Waals surface area contributed by atoms with E-state index in [4.69, 9.17) is 11.6 Å². The van der Waals surface area contributed by atoms with Crippen LogP contribution in [0.4, 0.5) is 4.39 Å². The minimum absolute atomic E-state index is 0.204. The Morgan fingerprint density at radius 1 is 1.20 bits per heavy atom. The molecule has 0 N–H and O–H groups in total. The second-order valence-electron chi connectivity index (χ2n) is 5.15. The quantitative estimate of drug-likeness (QED) is 0.594. The molecular weight excluding hydrogens is 379 g/mol. The lowest BCUT2D eigenvalue weighted by Crippen LogP contribution is -2.17. The van der Waals surface area contributed by atoms with Crippen molar-refractivity contribution in [1.29, 1.82) is 0 Å². The Hall–Kier alpha value is -1.89. The average molecular weight is 393 g/mol. The van der Waals surface area contributed by atoms with Crippen LogP contribution in [0.2, 0.25) is 5.02 Å². The lowest BCUT2D eigenvalue weighted by atomic mass is 10.2. The summed E-state index contributed by atoms with van der Waals surface area (Å²) in [4.78, 5) is 17.8. The first-order chi connectivity index (χ1) is 12.1. The van der Waals surface area contributed by atoms with Gasteiger partial charge in [-0.05, 0) is 35.9 Å². The van der Waals surface area contributed by atoms with Crippen molar-refractivity contribution in [3.63, 3.8) is 0 Å². The van der Waals surface area contributed by atoms with Crippen molar-refractivity contribution >= 4 is 40.6 Å². The largest absolute Gasteiger partial charge is 0.319 e. The summed E-state index contributed by atoms with van der Waals surface area (Å²) >= 11 is 8.93. The van der Waals surface area contributed by atoms with E-state index in [1.807, 2.05) is 40.4 Å². The maximum absolute atomic E-state index is 12.9. The zero-order chi connectivity index (χ0) is 17.6. The van der Waals surface area contributed by atoms with Gasteiger partial charge >= 0.3 is 0 Å². The summed E-state index contributed by atoms with van der Waals surface area (Å²) in [6.45, 7) is 0.556. The molecule has 1 amide bonds. The molecule has 0 bridgehead atoms. The topological polar surface area (TPSA) is 34.4 Å². The molecule has 0 fully saturated rings. The summed E-state index contributed by atoms with van der Waals surface area (Å²) in [5.74, 6) is -0.320. The molecular formula is C18H14ClFN2OS2. The number of hydrogen-bond acceptors (Lipinski definition) is 3. The number of carbonyl (C=O) groups is 1. The van der Waals surface area contributed by atoms with Crippen LogP contribution < -0.4 is 4.80 Å². The van der Waals surface area contributed by atoms with E-state index in [-0.39, 0.29) is 17.5 Å². The van der Waals surface area contributed by atoms with Crippen LogP contribution in [0.3, 0.4) is 0 Å². The van der Waals surface area contributed by atoms with Crippen molar-refractivity contribution in [2.45, 2.75) is 11.4 Å². The number of rotatable bonds is 5. The predicted molar refractivity (Wildman–Crippen MR) is 101 cm³/mol. The van der Waals surface area contributed by atoms with Crippen molar-refractivity contribution in [1.82, 2.24) is 4.57 Å². The van der Waals surface area contributed by atoms with Crippen molar-refractivity contribution in [3.8, 4) is 0 Å². The third kappa shape index (κ3) is 5.04. The van der Waals surface area contributed by atoms with Crippen molar-refractivity contribution in [3.05, 3.63) is 81.3 Å². The molecule has 3 aromatic rings. The fourth-order valence-corrected chi connectivity index (χ4v) is 3.76. The number of nitrogens with zero attached hydrogens (tertiary/aromatic N) is 2. The van der Waals surface area contributed by atoms with Crippen LogP contribution in [0.1, 0.15) is 5.56 Å². The highest BCUT2D eigenvalue weighted by molar-refractivity contribution is 8.00. The maximum Gasteiger partial charge on any atom is 0.258 e. The van der Waals surface area contributed by atoms with Gasteiger partial charge in [-0.15, -0.1) is 23.1 Å². The third-order valence-corrected chi connectivity index (χ3v) is 5.51. The Bertz CT molecular complexity index is 935. The summed E-state index contributed by atoms with van der Waals surface area (Å²) in [5.41, 5.74) is 0.970. The molecule has 7 heteroatoms. The monoisotopic (exact) mass is 392 g/mol. The molecule has 1 heterocycles. The van der Waals surface area contributed by atoms with Gasteiger partial charge in [-0.2, -0.15) is 4.99 Å².